The zero-order valence-electron chi connectivity index (χ0n) is 11.7. The van der Waals surface area contributed by atoms with E-state index in [1.165, 1.54) is 0 Å². The van der Waals surface area contributed by atoms with Gasteiger partial charge in [0, 0.05) is 0 Å². The summed E-state index contributed by atoms with van der Waals surface area (Å²) in [6, 6.07) is 0. The third kappa shape index (κ3) is 3.23. The lowest BCUT2D eigenvalue weighted by Gasteiger charge is -2.44. The van der Waals surface area contributed by atoms with Gasteiger partial charge in [-0.15, -0.1) is 0 Å². The van der Waals surface area contributed by atoms with E-state index in [0.717, 1.165) is 25.7 Å². The maximum atomic E-state index is 9.10. The smallest absolute Gasteiger partial charge is 0.0833 e. The zero-order chi connectivity index (χ0) is 13.9. The molecule has 0 amide bonds. The molecule has 0 saturated heterocycles. The van der Waals surface area contributed by atoms with Crippen molar-refractivity contribution < 1.29 is 20.4 Å². The Labute approximate surface area is 110 Å². The van der Waals surface area contributed by atoms with Crippen molar-refractivity contribution in [1.29, 1.82) is 0 Å². The third-order valence-electron chi connectivity index (χ3n) is 4.55. The minimum Gasteiger partial charge on any atom is -0.390 e. The summed E-state index contributed by atoms with van der Waals surface area (Å²) in [7, 11) is 0. The molecule has 0 spiro atoms. The molecular weight excluding hydrogens is 232 g/mol. The molecule has 0 aliphatic heterocycles. The van der Waals surface area contributed by atoms with E-state index >= 15 is 0 Å². The molecule has 0 aromatic heterocycles. The summed E-state index contributed by atoms with van der Waals surface area (Å²) >= 11 is 0. The van der Waals surface area contributed by atoms with Gasteiger partial charge in [-0.25, -0.2) is 0 Å². The standard InChI is InChI=1S/2C7H14O2/c1-3-5-4(2)6(8)7(5)9;1-2-3-5-4-6(8)7(5)9/h4-9H,3H2,1-2H3;5-9H,2-4H2,1H3. The highest BCUT2D eigenvalue weighted by Gasteiger charge is 2.44. The molecular formula is C14H28O4. The first-order chi connectivity index (χ1) is 8.43. The molecule has 4 heteroatoms. The maximum absolute atomic E-state index is 9.10. The number of aliphatic hydroxyl groups excluding tert-OH is 4. The third-order valence-corrected chi connectivity index (χ3v) is 4.55. The van der Waals surface area contributed by atoms with Crippen LogP contribution >= 0.6 is 0 Å². The van der Waals surface area contributed by atoms with Crippen LogP contribution in [0.1, 0.15) is 46.5 Å². The van der Waals surface area contributed by atoms with Crippen LogP contribution in [0.2, 0.25) is 0 Å². The van der Waals surface area contributed by atoms with E-state index in [4.69, 9.17) is 20.4 Å². The molecule has 7 atom stereocenters. The second-order valence-electron chi connectivity index (χ2n) is 5.75. The van der Waals surface area contributed by atoms with Crippen molar-refractivity contribution in [2.75, 3.05) is 0 Å². The second-order valence-corrected chi connectivity index (χ2v) is 5.75. The highest BCUT2D eigenvalue weighted by atomic mass is 16.3. The Morgan fingerprint density at radius 3 is 1.83 bits per heavy atom. The average molecular weight is 260 g/mol. The van der Waals surface area contributed by atoms with E-state index in [0.29, 0.717) is 17.8 Å². The molecule has 4 N–H and O–H groups in total. The molecule has 2 rings (SSSR count). The van der Waals surface area contributed by atoms with Crippen molar-refractivity contribution in [3.8, 4) is 0 Å². The van der Waals surface area contributed by atoms with E-state index in [2.05, 4.69) is 6.92 Å². The van der Waals surface area contributed by atoms with Crippen LogP contribution in [0.5, 0.6) is 0 Å². The zero-order valence-corrected chi connectivity index (χ0v) is 11.7. The van der Waals surface area contributed by atoms with Crippen LogP contribution < -0.4 is 0 Å². The first kappa shape index (κ1) is 15.9. The SMILES string of the molecule is CCC1C(C)C(O)C1O.CCCC1CC(O)C1O. The lowest BCUT2D eigenvalue weighted by Crippen LogP contribution is -2.53. The molecule has 0 bridgehead atoms. The van der Waals surface area contributed by atoms with E-state index in [1.807, 2.05) is 13.8 Å². The Morgan fingerprint density at radius 1 is 0.944 bits per heavy atom. The predicted molar refractivity (Wildman–Crippen MR) is 70.0 cm³/mol. The highest BCUT2D eigenvalue weighted by Crippen LogP contribution is 2.36. The van der Waals surface area contributed by atoms with Gasteiger partial charge >= 0.3 is 0 Å². The summed E-state index contributed by atoms with van der Waals surface area (Å²) in [6.07, 6.45) is 2.16. The lowest BCUT2D eigenvalue weighted by molar-refractivity contribution is -0.148. The van der Waals surface area contributed by atoms with Crippen molar-refractivity contribution >= 4 is 0 Å². The molecule has 18 heavy (non-hydrogen) atoms. The van der Waals surface area contributed by atoms with Gasteiger partial charge < -0.3 is 20.4 Å². The van der Waals surface area contributed by atoms with Gasteiger partial charge in [-0.2, -0.15) is 0 Å². The summed E-state index contributed by atoms with van der Waals surface area (Å²) in [5.74, 6) is 1.01. The minimum atomic E-state index is -0.463. The van der Waals surface area contributed by atoms with Crippen LogP contribution in [-0.2, 0) is 0 Å². The molecule has 7 unspecified atom stereocenters. The number of aliphatic hydroxyl groups is 4. The van der Waals surface area contributed by atoms with Crippen molar-refractivity contribution in [2.45, 2.75) is 70.9 Å². The van der Waals surface area contributed by atoms with E-state index < -0.39 is 24.4 Å². The Hall–Kier alpha value is -0.160. The summed E-state index contributed by atoms with van der Waals surface area (Å²) < 4.78 is 0. The van der Waals surface area contributed by atoms with E-state index in [1.54, 1.807) is 0 Å². The summed E-state index contributed by atoms with van der Waals surface area (Å²) in [5.41, 5.74) is 0. The molecule has 0 aromatic carbocycles. The molecule has 2 saturated carbocycles. The Kier molecular flexibility index (Phi) is 6.05. The molecule has 4 nitrogen and oxygen atoms in total. The quantitative estimate of drug-likeness (QED) is 0.608. The van der Waals surface area contributed by atoms with Gasteiger partial charge in [0.25, 0.3) is 0 Å². The first-order valence-corrected chi connectivity index (χ1v) is 7.16. The lowest BCUT2D eigenvalue weighted by atomic mass is 9.68. The Morgan fingerprint density at radius 2 is 1.56 bits per heavy atom. The highest BCUT2D eigenvalue weighted by molar-refractivity contribution is 4.94. The molecule has 0 heterocycles. The first-order valence-electron chi connectivity index (χ1n) is 7.16. The molecule has 0 aromatic rings. The molecule has 2 aliphatic rings. The van der Waals surface area contributed by atoms with Gasteiger partial charge in [-0.05, 0) is 30.6 Å². The van der Waals surface area contributed by atoms with Gasteiger partial charge in [-0.1, -0.05) is 33.6 Å². The normalized spacial score (nSPS) is 46.5. The molecule has 108 valence electrons. The van der Waals surface area contributed by atoms with Crippen molar-refractivity contribution in [3.63, 3.8) is 0 Å². The number of hydrogen-bond acceptors (Lipinski definition) is 4. The molecule has 2 aliphatic carbocycles. The van der Waals surface area contributed by atoms with Gasteiger partial charge in [0.05, 0.1) is 24.4 Å². The fourth-order valence-corrected chi connectivity index (χ4v) is 2.96. The van der Waals surface area contributed by atoms with Crippen molar-refractivity contribution in [3.05, 3.63) is 0 Å². The van der Waals surface area contributed by atoms with E-state index in [9.17, 15) is 0 Å². The topological polar surface area (TPSA) is 80.9 Å². The summed E-state index contributed by atoms with van der Waals surface area (Å²) in [4.78, 5) is 0. The van der Waals surface area contributed by atoms with Crippen LogP contribution in [0, 0.1) is 17.8 Å². The van der Waals surface area contributed by atoms with Crippen molar-refractivity contribution in [2.24, 2.45) is 17.8 Å². The Balaban J connectivity index is 0.000000180. The van der Waals surface area contributed by atoms with Gasteiger partial charge in [-0.3, -0.25) is 0 Å². The fraction of sp³-hybridized carbons (Fsp3) is 1.00. The second kappa shape index (κ2) is 6.85. The number of hydrogen-bond donors (Lipinski definition) is 4. The minimum absolute atomic E-state index is 0.296. The molecule has 0 radical (unpaired) electrons. The van der Waals surface area contributed by atoms with Crippen LogP contribution in [-0.4, -0.2) is 44.8 Å². The number of rotatable bonds is 3. The van der Waals surface area contributed by atoms with Gasteiger partial charge in [0.2, 0.25) is 0 Å². The van der Waals surface area contributed by atoms with Crippen LogP contribution in [0.4, 0.5) is 0 Å². The fourth-order valence-electron chi connectivity index (χ4n) is 2.96. The predicted octanol–water partition coefficient (Wildman–Crippen LogP) is 0.912. The van der Waals surface area contributed by atoms with E-state index in [-0.39, 0.29) is 0 Å². The van der Waals surface area contributed by atoms with Gasteiger partial charge in [0.1, 0.15) is 0 Å². The van der Waals surface area contributed by atoms with Crippen LogP contribution in [0.25, 0.3) is 0 Å². The average Bonchev–Trinajstić information content (AvgIpc) is 2.39. The summed E-state index contributed by atoms with van der Waals surface area (Å²) in [5, 5.41) is 36.1. The van der Waals surface area contributed by atoms with Crippen molar-refractivity contribution in [1.82, 2.24) is 0 Å². The summed E-state index contributed by atoms with van der Waals surface area (Å²) in [6.45, 7) is 6.11. The Bertz CT molecular complexity index is 231. The molecule has 2 fully saturated rings. The maximum Gasteiger partial charge on any atom is 0.0833 e. The van der Waals surface area contributed by atoms with Gasteiger partial charge in [0.15, 0.2) is 0 Å². The van der Waals surface area contributed by atoms with Crippen LogP contribution in [0.15, 0.2) is 0 Å². The van der Waals surface area contributed by atoms with Crippen LogP contribution in [0.3, 0.4) is 0 Å². The monoisotopic (exact) mass is 260 g/mol. The largest absolute Gasteiger partial charge is 0.390 e.